The summed E-state index contributed by atoms with van der Waals surface area (Å²) >= 11 is 0. The molecule has 1 aromatic rings. The summed E-state index contributed by atoms with van der Waals surface area (Å²) in [6.07, 6.45) is 5.85. The van der Waals surface area contributed by atoms with Crippen molar-refractivity contribution < 1.29 is 9.66 Å². The average molecular weight is 306 g/mol. The summed E-state index contributed by atoms with van der Waals surface area (Å²) in [5.41, 5.74) is 0.101. The van der Waals surface area contributed by atoms with E-state index in [9.17, 15) is 10.1 Å². The SMILES string of the molecule is CCCCC(Oc1ccc([N+](=O)[O-])cc1)N1CCCC(C)C1. The highest BCUT2D eigenvalue weighted by atomic mass is 16.6. The first-order valence-electron chi connectivity index (χ1n) is 8.25. The number of nitro groups is 1. The Hall–Kier alpha value is -1.62. The molecule has 0 radical (unpaired) electrons. The van der Waals surface area contributed by atoms with Crippen LogP contribution in [0.5, 0.6) is 5.75 Å². The third-order valence-electron chi connectivity index (χ3n) is 4.22. The van der Waals surface area contributed by atoms with Crippen LogP contribution in [0.3, 0.4) is 0 Å². The molecule has 2 atom stereocenters. The second-order valence-electron chi connectivity index (χ2n) is 6.21. The third-order valence-corrected chi connectivity index (χ3v) is 4.22. The lowest BCUT2D eigenvalue weighted by Crippen LogP contribution is -2.45. The Morgan fingerprint density at radius 3 is 2.73 bits per heavy atom. The molecule has 1 fully saturated rings. The maximum Gasteiger partial charge on any atom is 0.269 e. The molecule has 0 amide bonds. The first kappa shape index (κ1) is 16.7. The zero-order valence-electron chi connectivity index (χ0n) is 13.5. The molecule has 1 aliphatic rings. The fraction of sp³-hybridized carbons (Fsp3) is 0.647. The first-order chi connectivity index (χ1) is 10.6. The highest BCUT2D eigenvalue weighted by Crippen LogP contribution is 2.24. The van der Waals surface area contributed by atoms with Gasteiger partial charge in [0.1, 0.15) is 5.75 Å². The van der Waals surface area contributed by atoms with E-state index in [-0.39, 0.29) is 16.8 Å². The number of rotatable bonds is 7. The summed E-state index contributed by atoms with van der Waals surface area (Å²) < 4.78 is 6.14. The lowest BCUT2D eigenvalue weighted by molar-refractivity contribution is -0.384. The molecule has 0 aromatic heterocycles. The Morgan fingerprint density at radius 2 is 2.14 bits per heavy atom. The molecular weight excluding hydrogens is 280 g/mol. The zero-order valence-corrected chi connectivity index (χ0v) is 13.5. The van der Waals surface area contributed by atoms with Crippen molar-refractivity contribution in [2.24, 2.45) is 5.92 Å². The third kappa shape index (κ3) is 4.70. The van der Waals surface area contributed by atoms with E-state index < -0.39 is 0 Å². The topological polar surface area (TPSA) is 55.6 Å². The minimum atomic E-state index is -0.384. The summed E-state index contributed by atoms with van der Waals surface area (Å²) in [6.45, 7) is 6.61. The molecule has 0 N–H and O–H groups in total. The summed E-state index contributed by atoms with van der Waals surface area (Å²) in [6, 6.07) is 6.41. The molecule has 1 heterocycles. The molecule has 122 valence electrons. The highest BCUT2D eigenvalue weighted by Gasteiger charge is 2.25. The van der Waals surface area contributed by atoms with Crippen molar-refractivity contribution in [1.29, 1.82) is 0 Å². The van der Waals surface area contributed by atoms with Crippen LogP contribution in [0.25, 0.3) is 0 Å². The van der Waals surface area contributed by atoms with Crippen LogP contribution in [0.2, 0.25) is 0 Å². The summed E-state index contributed by atoms with van der Waals surface area (Å²) in [4.78, 5) is 12.8. The standard InChI is InChI=1S/C17H26N2O3/c1-3-4-7-17(18-12-5-6-14(2)13-18)22-16-10-8-15(9-11-16)19(20)21/h8-11,14,17H,3-7,12-13H2,1-2H3. The maximum absolute atomic E-state index is 10.7. The fourth-order valence-electron chi connectivity index (χ4n) is 2.99. The van der Waals surface area contributed by atoms with Crippen LogP contribution in [0.1, 0.15) is 46.0 Å². The minimum Gasteiger partial charge on any atom is -0.475 e. The molecule has 2 rings (SSSR count). The number of nitrogens with zero attached hydrogens (tertiary/aromatic N) is 2. The van der Waals surface area contributed by atoms with Crippen molar-refractivity contribution in [3.05, 3.63) is 34.4 Å². The van der Waals surface area contributed by atoms with Crippen molar-refractivity contribution in [2.45, 2.75) is 52.2 Å². The van der Waals surface area contributed by atoms with Gasteiger partial charge < -0.3 is 4.74 Å². The van der Waals surface area contributed by atoms with Gasteiger partial charge in [0.05, 0.1) is 4.92 Å². The van der Waals surface area contributed by atoms with Crippen LogP contribution < -0.4 is 4.74 Å². The summed E-state index contributed by atoms with van der Waals surface area (Å²) in [5, 5.41) is 10.7. The van der Waals surface area contributed by atoms with E-state index in [2.05, 4.69) is 18.7 Å². The Bertz CT molecular complexity index is 475. The van der Waals surface area contributed by atoms with Gasteiger partial charge in [-0.15, -0.1) is 0 Å². The van der Waals surface area contributed by atoms with Gasteiger partial charge in [0.25, 0.3) is 5.69 Å². The van der Waals surface area contributed by atoms with E-state index in [1.54, 1.807) is 12.1 Å². The molecular formula is C17H26N2O3. The monoisotopic (exact) mass is 306 g/mol. The normalized spacial score (nSPS) is 20.5. The van der Waals surface area contributed by atoms with Gasteiger partial charge in [-0.3, -0.25) is 15.0 Å². The number of piperidine rings is 1. The van der Waals surface area contributed by atoms with Crippen molar-refractivity contribution in [3.8, 4) is 5.75 Å². The van der Waals surface area contributed by atoms with Crippen molar-refractivity contribution in [2.75, 3.05) is 13.1 Å². The number of ether oxygens (including phenoxy) is 1. The quantitative estimate of drug-likeness (QED) is 0.559. The van der Waals surface area contributed by atoms with E-state index in [0.717, 1.165) is 32.4 Å². The Labute approximate surface area is 132 Å². The second kappa shape index (κ2) is 8.13. The van der Waals surface area contributed by atoms with E-state index >= 15 is 0 Å². The maximum atomic E-state index is 10.7. The van der Waals surface area contributed by atoms with Crippen molar-refractivity contribution in [1.82, 2.24) is 4.90 Å². The first-order valence-corrected chi connectivity index (χ1v) is 8.25. The van der Waals surface area contributed by atoms with Gasteiger partial charge in [0, 0.05) is 25.2 Å². The number of likely N-dealkylation sites (tertiary alicyclic amines) is 1. The molecule has 0 aliphatic carbocycles. The highest BCUT2D eigenvalue weighted by molar-refractivity contribution is 5.36. The minimum absolute atomic E-state index is 0.0733. The van der Waals surface area contributed by atoms with Crippen LogP contribution in [-0.2, 0) is 0 Å². The van der Waals surface area contributed by atoms with Crippen molar-refractivity contribution in [3.63, 3.8) is 0 Å². The van der Waals surface area contributed by atoms with E-state index in [4.69, 9.17) is 4.74 Å². The largest absolute Gasteiger partial charge is 0.475 e. The fourth-order valence-corrected chi connectivity index (χ4v) is 2.99. The Balaban J connectivity index is 2.03. The number of unbranched alkanes of at least 4 members (excludes halogenated alkanes) is 1. The number of hydrogen-bond donors (Lipinski definition) is 0. The molecule has 1 aromatic carbocycles. The zero-order chi connectivity index (χ0) is 15.9. The molecule has 22 heavy (non-hydrogen) atoms. The molecule has 1 aliphatic heterocycles. The van der Waals surface area contributed by atoms with Gasteiger partial charge in [0.15, 0.2) is 6.23 Å². The second-order valence-corrected chi connectivity index (χ2v) is 6.21. The van der Waals surface area contributed by atoms with Crippen LogP contribution >= 0.6 is 0 Å². The van der Waals surface area contributed by atoms with E-state index in [1.165, 1.54) is 25.0 Å². The molecule has 0 saturated carbocycles. The van der Waals surface area contributed by atoms with E-state index in [0.29, 0.717) is 11.7 Å². The lowest BCUT2D eigenvalue weighted by atomic mass is 9.99. The van der Waals surface area contributed by atoms with Gasteiger partial charge in [-0.1, -0.05) is 20.3 Å². The average Bonchev–Trinajstić information content (AvgIpc) is 2.52. The Kier molecular flexibility index (Phi) is 6.19. The number of nitro benzene ring substituents is 1. The van der Waals surface area contributed by atoms with Crippen LogP contribution in [0.4, 0.5) is 5.69 Å². The number of benzene rings is 1. The smallest absolute Gasteiger partial charge is 0.269 e. The predicted molar refractivity (Wildman–Crippen MR) is 87.0 cm³/mol. The lowest BCUT2D eigenvalue weighted by Gasteiger charge is -2.37. The van der Waals surface area contributed by atoms with Crippen LogP contribution in [0, 0.1) is 16.0 Å². The molecule has 2 unspecified atom stereocenters. The van der Waals surface area contributed by atoms with Crippen LogP contribution in [0.15, 0.2) is 24.3 Å². The van der Waals surface area contributed by atoms with Gasteiger partial charge >= 0.3 is 0 Å². The molecule has 5 nitrogen and oxygen atoms in total. The van der Waals surface area contributed by atoms with Gasteiger partial charge in [-0.05, 0) is 43.7 Å². The predicted octanol–water partition coefficient (Wildman–Crippen LogP) is 4.22. The summed E-state index contributed by atoms with van der Waals surface area (Å²) in [5.74, 6) is 1.42. The molecule has 0 bridgehead atoms. The molecule has 1 saturated heterocycles. The van der Waals surface area contributed by atoms with Gasteiger partial charge in [-0.25, -0.2) is 0 Å². The molecule has 0 spiro atoms. The van der Waals surface area contributed by atoms with Gasteiger partial charge in [0.2, 0.25) is 0 Å². The van der Waals surface area contributed by atoms with E-state index in [1.807, 2.05) is 0 Å². The van der Waals surface area contributed by atoms with Crippen LogP contribution in [-0.4, -0.2) is 29.1 Å². The number of non-ortho nitro benzene ring substituents is 1. The van der Waals surface area contributed by atoms with Gasteiger partial charge in [-0.2, -0.15) is 0 Å². The molecule has 5 heteroatoms. The van der Waals surface area contributed by atoms with Crippen molar-refractivity contribution >= 4 is 5.69 Å². The number of hydrogen-bond acceptors (Lipinski definition) is 4. The summed E-state index contributed by atoms with van der Waals surface area (Å²) in [7, 11) is 0. The Morgan fingerprint density at radius 1 is 1.41 bits per heavy atom.